The van der Waals surface area contributed by atoms with Crippen molar-refractivity contribution < 1.29 is 9.31 Å². The quantitative estimate of drug-likeness (QED) is 0.858. The van der Waals surface area contributed by atoms with Crippen molar-refractivity contribution in [2.45, 2.75) is 38.9 Å². The molecule has 1 aliphatic rings. The van der Waals surface area contributed by atoms with Crippen molar-refractivity contribution in [2.75, 3.05) is 6.54 Å². The summed E-state index contributed by atoms with van der Waals surface area (Å²) < 4.78 is 12.0. The molecule has 0 aromatic carbocycles. The van der Waals surface area contributed by atoms with Crippen molar-refractivity contribution in [3.63, 3.8) is 0 Å². The van der Waals surface area contributed by atoms with Gasteiger partial charge in [0, 0.05) is 12.7 Å². The molecule has 110 valence electrons. The Kier molecular flexibility index (Phi) is 4.19. The first-order chi connectivity index (χ1) is 9.79. The van der Waals surface area contributed by atoms with Crippen LogP contribution in [0.2, 0.25) is 0 Å². The summed E-state index contributed by atoms with van der Waals surface area (Å²) in [6, 6.07) is 5.49. The summed E-state index contributed by atoms with van der Waals surface area (Å²) in [5, 5.41) is 8.76. The SMILES string of the molecule is CC1(C)OB(C(=Cc2ccc(C#N)nc2)CN)OC1(C)C. The Hall–Kier alpha value is -1.68. The van der Waals surface area contributed by atoms with E-state index >= 15 is 0 Å². The van der Waals surface area contributed by atoms with Crippen LogP contribution in [-0.2, 0) is 9.31 Å². The maximum atomic E-state index is 8.76. The molecule has 0 radical (unpaired) electrons. The highest BCUT2D eigenvalue weighted by atomic mass is 16.7. The van der Waals surface area contributed by atoms with Gasteiger partial charge < -0.3 is 15.0 Å². The number of rotatable bonds is 3. The van der Waals surface area contributed by atoms with Gasteiger partial charge in [-0.3, -0.25) is 0 Å². The number of pyridine rings is 1. The van der Waals surface area contributed by atoms with Crippen LogP contribution in [0.15, 0.2) is 23.8 Å². The molecule has 1 aromatic heterocycles. The molecule has 1 aromatic rings. The monoisotopic (exact) mass is 285 g/mol. The summed E-state index contributed by atoms with van der Waals surface area (Å²) in [7, 11) is -0.462. The molecule has 0 saturated carbocycles. The Labute approximate surface area is 125 Å². The molecular formula is C15H20BN3O2. The Morgan fingerprint density at radius 3 is 2.38 bits per heavy atom. The summed E-state index contributed by atoms with van der Waals surface area (Å²) >= 11 is 0. The van der Waals surface area contributed by atoms with Crippen LogP contribution in [0.4, 0.5) is 0 Å². The molecule has 1 saturated heterocycles. The first-order valence-corrected chi connectivity index (χ1v) is 6.91. The normalized spacial score (nSPS) is 20.4. The lowest BCUT2D eigenvalue weighted by Crippen LogP contribution is -2.41. The van der Waals surface area contributed by atoms with Crippen LogP contribution in [0.25, 0.3) is 6.08 Å². The van der Waals surface area contributed by atoms with Gasteiger partial charge in [0.15, 0.2) is 0 Å². The summed E-state index contributed by atoms with van der Waals surface area (Å²) in [6.07, 6.45) is 3.54. The predicted octanol–water partition coefficient (Wildman–Crippen LogP) is 1.93. The van der Waals surface area contributed by atoms with E-state index in [1.165, 1.54) is 0 Å². The number of nitriles is 1. The average Bonchev–Trinajstić information content (AvgIpc) is 2.65. The third-order valence-electron chi connectivity index (χ3n) is 4.04. The summed E-state index contributed by atoms with van der Waals surface area (Å²) in [5.41, 5.74) is 7.14. The third-order valence-corrected chi connectivity index (χ3v) is 4.04. The molecule has 2 N–H and O–H groups in total. The number of hydrogen-bond acceptors (Lipinski definition) is 5. The van der Waals surface area contributed by atoms with E-state index in [1.807, 2.05) is 45.9 Å². The second kappa shape index (κ2) is 5.61. The van der Waals surface area contributed by atoms with Crippen LogP contribution >= 0.6 is 0 Å². The Morgan fingerprint density at radius 2 is 1.95 bits per heavy atom. The molecule has 2 heterocycles. The lowest BCUT2D eigenvalue weighted by atomic mass is 9.77. The largest absolute Gasteiger partial charge is 0.491 e. The molecule has 0 aliphatic carbocycles. The Morgan fingerprint density at radius 1 is 1.33 bits per heavy atom. The lowest BCUT2D eigenvalue weighted by molar-refractivity contribution is 0.00578. The zero-order valence-electron chi connectivity index (χ0n) is 12.9. The highest BCUT2D eigenvalue weighted by Gasteiger charge is 2.52. The fourth-order valence-corrected chi connectivity index (χ4v) is 1.99. The minimum absolute atomic E-state index is 0.330. The van der Waals surface area contributed by atoms with Gasteiger partial charge in [0.2, 0.25) is 0 Å². The van der Waals surface area contributed by atoms with Gasteiger partial charge in [0.25, 0.3) is 0 Å². The van der Waals surface area contributed by atoms with Gasteiger partial charge in [-0.05, 0) is 44.8 Å². The lowest BCUT2D eigenvalue weighted by Gasteiger charge is -2.32. The minimum Gasteiger partial charge on any atom is -0.400 e. The number of nitrogens with two attached hydrogens (primary N) is 1. The summed E-state index contributed by atoms with van der Waals surface area (Å²) in [5.74, 6) is 0. The van der Waals surface area contributed by atoms with E-state index < -0.39 is 18.3 Å². The van der Waals surface area contributed by atoms with E-state index in [2.05, 4.69) is 4.98 Å². The first-order valence-electron chi connectivity index (χ1n) is 6.91. The van der Waals surface area contributed by atoms with Crippen molar-refractivity contribution >= 4 is 13.2 Å². The van der Waals surface area contributed by atoms with Crippen LogP contribution in [0.3, 0.4) is 0 Å². The molecule has 2 rings (SSSR count). The van der Waals surface area contributed by atoms with Crippen molar-refractivity contribution in [1.82, 2.24) is 4.98 Å². The van der Waals surface area contributed by atoms with Gasteiger partial charge in [-0.25, -0.2) is 4.98 Å². The van der Waals surface area contributed by atoms with Crippen molar-refractivity contribution in [1.29, 1.82) is 5.26 Å². The highest BCUT2D eigenvalue weighted by molar-refractivity contribution is 6.55. The van der Waals surface area contributed by atoms with Gasteiger partial charge >= 0.3 is 7.12 Å². The van der Waals surface area contributed by atoms with Crippen LogP contribution in [-0.4, -0.2) is 29.8 Å². The summed E-state index contributed by atoms with van der Waals surface area (Å²) in [4.78, 5) is 4.04. The molecule has 5 nitrogen and oxygen atoms in total. The van der Waals surface area contributed by atoms with Crippen LogP contribution < -0.4 is 5.73 Å². The zero-order valence-corrected chi connectivity index (χ0v) is 12.9. The molecule has 0 amide bonds. The van der Waals surface area contributed by atoms with E-state index in [0.717, 1.165) is 11.0 Å². The molecule has 0 atom stereocenters. The van der Waals surface area contributed by atoms with Crippen LogP contribution in [0.1, 0.15) is 39.0 Å². The molecule has 0 bridgehead atoms. The Bertz CT molecular complexity index is 572. The number of hydrogen-bond donors (Lipinski definition) is 1. The smallest absolute Gasteiger partial charge is 0.400 e. The molecule has 1 aliphatic heterocycles. The van der Waals surface area contributed by atoms with E-state index in [4.69, 9.17) is 20.3 Å². The van der Waals surface area contributed by atoms with Gasteiger partial charge in [-0.2, -0.15) is 5.26 Å². The fourth-order valence-electron chi connectivity index (χ4n) is 1.99. The standard InChI is InChI=1S/C15H20BN3O2/c1-14(2)15(3,4)21-16(20-14)12(8-17)7-11-5-6-13(9-18)19-10-11/h5-7,10H,8,17H2,1-4H3. The maximum Gasteiger partial charge on any atom is 0.491 e. The molecular weight excluding hydrogens is 265 g/mol. The maximum absolute atomic E-state index is 8.76. The average molecular weight is 285 g/mol. The number of aromatic nitrogens is 1. The van der Waals surface area contributed by atoms with E-state index in [0.29, 0.717) is 12.2 Å². The van der Waals surface area contributed by atoms with Crippen molar-refractivity contribution in [3.05, 3.63) is 35.1 Å². The zero-order chi connectivity index (χ0) is 15.7. The topological polar surface area (TPSA) is 81.2 Å². The van der Waals surface area contributed by atoms with E-state index in [9.17, 15) is 0 Å². The summed E-state index contributed by atoms with van der Waals surface area (Å²) in [6.45, 7) is 8.35. The van der Waals surface area contributed by atoms with E-state index in [1.54, 1.807) is 12.3 Å². The highest BCUT2D eigenvalue weighted by Crippen LogP contribution is 2.38. The molecule has 1 fully saturated rings. The molecule has 0 unspecified atom stereocenters. The predicted molar refractivity (Wildman–Crippen MR) is 82.1 cm³/mol. The number of nitrogens with zero attached hydrogens (tertiary/aromatic N) is 2. The third kappa shape index (κ3) is 3.16. The first kappa shape index (κ1) is 15.7. The van der Waals surface area contributed by atoms with Gasteiger partial charge in [0.05, 0.1) is 11.2 Å². The minimum atomic E-state index is -0.462. The second-order valence-corrected chi connectivity index (χ2v) is 6.10. The molecule has 21 heavy (non-hydrogen) atoms. The molecule has 0 spiro atoms. The Balaban J connectivity index is 2.24. The van der Waals surface area contributed by atoms with Crippen LogP contribution in [0.5, 0.6) is 0 Å². The van der Waals surface area contributed by atoms with Crippen LogP contribution in [0, 0.1) is 11.3 Å². The molecule has 6 heteroatoms. The van der Waals surface area contributed by atoms with Gasteiger partial charge in [0.1, 0.15) is 11.8 Å². The van der Waals surface area contributed by atoms with Gasteiger partial charge in [-0.1, -0.05) is 12.1 Å². The second-order valence-electron chi connectivity index (χ2n) is 6.10. The van der Waals surface area contributed by atoms with E-state index in [-0.39, 0.29) is 0 Å². The fraction of sp³-hybridized carbons (Fsp3) is 0.467. The van der Waals surface area contributed by atoms with Gasteiger partial charge in [-0.15, -0.1) is 0 Å². The van der Waals surface area contributed by atoms with Crippen molar-refractivity contribution in [2.24, 2.45) is 5.73 Å². The van der Waals surface area contributed by atoms with Crippen molar-refractivity contribution in [3.8, 4) is 6.07 Å².